The van der Waals surface area contributed by atoms with Gasteiger partial charge in [-0.15, -0.1) is 0 Å². The van der Waals surface area contributed by atoms with Crippen LogP contribution < -0.4 is 19.5 Å². The molecular formula is C23H36N2O5. The summed E-state index contributed by atoms with van der Waals surface area (Å²) in [7, 11) is 4.80. The Kier molecular flexibility index (Phi) is 7.47. The molecule has 7 heteroatoms. The molecule has 0 unspecified atom stereocenters. The molecule has 1 aromatic rings. The van der Waals surface area contributed by atoms with Gasteiger partial charge in [-0.25, -0.2) is 0 Å². The van der Waals surface area contributed by atoms with Crippen LogP contribution in [0.25, 0.3) is 0 Å². The number of nitrogens with one attached hydrogen (secondary N) is 1. The number of likely N-dealkylation sites (tertiary alicyclic amines) is 1. The summed E-state index contributed by atoms with van der Waals surface area (Å²) < 4.78 is 16.6. The van der Waals surface area contributed by atoms with E-state index in [9.17, 15) is 9.90 Å². The molecule has 2 aliphatic rings. The van der Waals surface area contributed by atoms with E-state index in [1.807, 2.05) is 19.1 Å². The van der Waals surface area contributed by atoms with E-state index >= 15 is 0 Å². The monoisotopic (exact) mass is 420 g/mol. The number of carbonyl (C=O) groups excluding carboxylic acids is 1. The zero-order chi connectivity index (χ0) is 21.7. The predicted molar refractivity (Wildman–Crippen MR) is 115 cm³/mol. The van der Waals surface area contributed by atoms with Crippen molar-refractivity contribution in [1.82, 2.24) is 10.2 Å². The lowest BCUT2D eigenvalue weighted by Crippen LogP contribution is -2.56. The van der Waals surface area contributed by atoms with E-state index in [0.717, 1.165) is 37.7 Å². The molecular weight excluding hydrogens is 384 g/mol. The number of aliphatic hydroxyl groups is 1. The SMILES string of the molecule is CCCNC(=O)CN1CC[C@@]2(O)CCCC[C@H]2[C@@H]1c1cc(OC)c(OC)c(OC)c1. The van der Waals surface area contributed by atoms with Gasteiger partial charge in [-0.3, -0.25) is 9.69 Å². The number of amides is 1. The summed E-state index contributed by atoms with van der Waals surface area (Å²) in [5.74, 6) is 1.81. The number of ether oxygens (including phenoxy) is 3. The van der Waals surface area contributed by atoms with Crippen molar-refractivity contribution in [1.29, 1.82) is 0 Å². The first kappa shape index (κ1) is 22.7. The Labute approximate surface area is 179 Å². The normalized spacial score (nSPS) is 26.6. The molecule has 0 spiro atoms. The van der Waals surface area contributed by atoms with Gasteiger partial charge < -0.3 is 24.6 Å². The molecule has 168 valence electrons. The van der Waals surface area contributed by atoms with Crippen LogP contribution >= 0.6 is 0 Å². The molecule has 7 nitrogen and oxygen atoms in total. The van der Waals surface area contributed by atoms with Gasteiger partial charge in [0, 0.05) is 25.0 Å². The Balaban J connectivity index is 2.01. The van der Waals surface area contributed by atoms with Gasteiger partial charge in [0.15, 0.2) is 11.5 Å². The average molecular weight is 421 g/mol. The summed E-state index contributed by atoms with van der Waals surface area (Å²) in [6.07, 6.45) is 5.49. The molecule has 2 fully saturated rings. The van der Waals surface area contributed by atoms with Gasteiger partial charge in [0.2, 0.25) is 11.7 Å². The number of benzene rings is 1. The maximum atomic E-state index is 12.5. The Morgan fingerprint density at radius 3 is 2.47 bits per heavy atom. The summed E-state index contributed by atoms with van der Waals surface area (Å²) >= 11 is 0. The fraction of sp³-hybridized carbons (Fsp3) is 0.696. The molecule has 1 saturated carbocycles. The smallest absolute Gasteiger partial charge is 0.234 e. The standard InChI is InChI=1S/C23H36N2O5/c1-5-11-24-20(26)15-25-12-10-23(27)9-7-6-8-17(23)21(25)16-13-18(28-2)22(30-4)19(14-16)29-3/h13-14,17,21,27H,5-12,15H2,1-4H3,(H,24,26)/t17-,21-,23-/m0/s1. The third kappa shape index (κ3) is 4.52. The first-order valence-corrected chi connectivity index (χ1v) is 11.0. The number of piperidine rings is 1. The molecule has 1 saturated heterocycles. The van der Waals surface area contributed by atoms with E-state index < -0.39 is 5.60 Å². The first-order chi connectivity index (χ1) is 14.5. The van der Waals surface area contributed by atoms with Gasteiger partial charge in [0.05, 0.1) is 33.5 Å². The Hall–Kier alpha value is -1.99. The van der Waals surface area contributed by atoms with Gasteiger partial charge in [-0.05, 0) is 43.4 Å². The molecule has 3 atom stereocenters. The lowest BCUT2D eigenvalue weighted by molar-refractivity contribution is -0.137. The van der Waals surface area contributed by atoms with Gasteiger partial charge >= 0.3 is 0 Å². The van der Waals surface area contributed by atoms with Crippen LogP contribution in [0.5, 0.6) is 17.2 Å². The van der Waals surface area contributed by atoms with E-state index in [-0.39, 0.29) is 17.9 Å². The van der Waals surface area contributed by atoms with Crippen molar-refractivity contribution < 1.29 is 24.1 Å². The summed E-state index contributed by atoms with van der Waals surface area (Å²) in [4.78, 5) is 14.8. The number of methoxy groups -OCH3 is 3. The highest BCUT2D eigenvalue weighted by molar-refractivity contribution is 5.78. The number of fused-ring (bicyclic) bond motifs is 1. The fourth-order valence-electron chi connectivity index (χ4n) is 5.14. The van der Waals surface area contributed by atoms with Gasteiger partial charge in [0.25, 0.3) is 0 Å². The number of hydrogen-bond acceptors (Lipinski definition) is 6. The quantitative estimate of drug-likeness (QED) is 0.673. The van der Waals surface area contributed by atoms with Crippen molar-refractivity contribution in [2.24, 2.45) is 5.92 Å². The molecule has 0 bridgehead atoms. The second-order valence-corrected chi connectivity index (χ2v) is 8.43. The third-order valence-corrected chi connectivity index (χ3v) is 6.62. The van der Waals surface area contributed by atoms with Crippen molar-refractivity contribution in [2.45, 2.75) is 57.1 Å². The highest BCUT2D eigenvalue weighted by atomic mass is 16.5. The van der Waals surface area contributed by atoms with Crippen molar-refractivity contribution in [2.75, 3.05) is 41.0 Å². The topological polar surface area (TPSA) is 80.3 Å². The molecule has 0 radical (unpaired) electrons. The number of hydrogen-bond donors (Lipinski definition) is 2. The van der Waals surface area contributed by atoms with E-state index in [2.05, 4.69) is 10.2 Å². The molecule has 2 N–H and O–H groups in total. The van der Waals surface area contributed by atoms with Crippen molar-refractivity contribution >= 4 is 5.91 Å². The second-order valence-electron chi connectivity index (χ2n) is 8.43. The van der Waals surface area contributed by atoms with Gasteiger partial charge in [-0.1, -0.05) is 19.8 Å². The van der Waals surface area contributed by atoms with Crippen LogP contribution in [0.3, 0.4) is 0 Å². The molecule has 1 aliphatic heterocycles. The largest absolute Gasteiger partial charge is 0.493 e. The van der Waals surface area contributed by atoms with E-state index in [0.29, 0.717) is 43.3 Å². The van der Waals surface area contributed by atoms with E-state index in [1.165, 1.54) is 0 Å². The molecule has 1 aliphatic carbocycles. The summed E-state index contributed by atoms with van der Waals surface area (Å²) in [5, 5.41) is 14.4. The maximum Gasteiger partial charge on any atom is 0.234 e. The minimum absolute atomic E-state index is 0.0236. The molecule has 0 aromatic heterocycles. The highest BCUT2D eigenvalue weighted by Gasteiger charge is 2.49. The summed E-state index contributed by atoms with van der Waals surface area (Å²) in [6, 6.07) is 3.83. The Morgan fingerprint density at radius 2 is 1.87 bits per heavy atom. The van der Waals surface area contributed by atoms with Crippen LogP contribution in [0.4, 0.5) is 0 Å². The summed E-state index contributed by atoms with van der Waals surface area (Å²) in [6.45, 7) is 3.71. The maximum absolute atomic E-state index is 12.5. The van der Waals surface area contributed by atoms with E-state index in [1.54, 1.807) is 21.3 Å². The minimum atomic E-state index is -0.695. The van der Waals surface area contributed by atoms with Crippen molar-refractivity contribution in [3.05, 3.63) is 17.7 Å². The van der Waals surface area contributed by atoms with Crippen LogP contribution in [0.2, 0.25) is 0 Å². The van der Waals surface area contributed by atoms with Crippen LogP contribution in [0, 0.1) is 5.92 Å². The molecule has 1 heterocycles. The zero-order valence-electron chi connectivity index (χ0n) is 18.7. The number of carbonyl (C=O) groups is 1. The van der Waals surface area contributed by atoms with E-state index in [4.69, 9.17) is 14.2 Å². The van der Waals surface area contributed by atoms with Crippen LogP contribution in [-0.2, 0) is 4.79 Å². The van der Waals surface area contributed by atoms with Crippen LogP contribution in [0.1, 0.15) is 57.1 Å². The lowest BCUT2D eigenvalue weighted by Gasteiger charge is -2.52. The molecule has 1 aromatic carbocycles. The zero-order valence-corrected chi connectivity index (χ0v) is 18.7. The second kappa shape index (κ2) is 9.88. The minimum Gasteiger partial charge on any atom is -0.493 e. The third-order valence-electron chi connectivity index (χ3n) is 6.62. The van der Waals surface area contributed by atoms with Crippen LogP contribution in [-0.4, -0.2) is 62.5 Å². The van der Waals surface area contributed by atoms with Gasteiger partial charge in [0.1, 0.15) is 0 Å². The first-order valence-electron chi connectivity index (χ1n) is 11.0. The number of nitrogens with zero attached hydrogens (tertiary/aromatic N) is 1. The lowest BCUT2D eigenvalue weighted by atomic mass is 9.66. The summed E-state index contributed by atoms with van der Waals surface area (Å²) in [5.41, 5.74) is 0.289. The number of rotatable bonds is 8. The average Bonchev–Trinajstić information content (AvgIpc) is 2.76. The Morgan fingerprint density at radius 1 is 1.17 bits per heavy atom. The Bertz CT molecular complexity index is 715. The van der Waals surface area contributed by atoms with Gasteiger partial charge in [-0.2, -0.15) is 0 Å². The van der Waals surface area contributed by atoms with Crippen LogP contribution in [0.15, 0.2) is 12.1 Å². The molecule has 1 amide bonds. The van der Waals surface area contributed by atoms with Crippen molar-refractivity contribution in [3.63, 3.8) is 0 Å². The molecule has 30 heavy (non-hydrogen) atoms. The highest BCUT2D eigenvalue weighted by Crippen LogP contribution is 2.51. The predicted octanol–water partition coefficient (Wildman–Crippen LogP) is 2.91. The van der Waals surface area contributed by atoms with Crippen molar-refractivity contribution in [3.8, 4) is 17.2 Å². The fourth-order valence-corrected chi connectivity index (χ4v) is 5.14. The molecule has 3 rings (SSSR count).